The highest BCUT2D eigenvalue weighted by atomic mass is 16.5. The summed E-state index contributed by atoms with van der Waals surface area (Å²) in [4.78, 5) is 12.6. The fourth-order valence-electron chi connectivity index (χ4n) is 3.72. The second-order valence-corrected chi connectivity index (χ2v) is 7.23. The summed E-state index contributed by atoms with van der Waals surface area (Å²) in [5.41, 5.74) is 2.35. The molecule has 0 fully saturated rings. The van der Waals surface area contributed by atoms with Crippen LogP contribution in [0.2, 0.25) is 0 Å². The molecular weight excluding hydrogens is 352 g/mol. The maximum Gasteiger partial charge on any atom is 0.344 e. The van der Waals surface area contributed by atoms with Gasteiger partial charge in [-0.1, -0.05) is 45.2 Å². The van der Waals surface area contributed by atoms with Gasteiger partial charge in [-0.3, -0.25) is 0 Å². The molecule has 0 saturated heterocycles. The molecule has 4 heteroatoms. The van der Waals surface area contributed by atoms with Gasteiger partial charge in [-0.25, -0.2) is 4.79 Å². The number of methoxy groups -OCH3 is 1. The Bertz CT molecular complexity index is 1000. The Morgan fingerprint density at radius 1 is 1.04 bits per heavy atom. The van der Waals surface area contributed by atoms with Crippen molar-refractivity contribution in [3.05, 3.63) is 58.4 Å². The molecule has 0 aliphatic heterocycles. The average molecular weight is 380 g/mol. The third-order valence-corrected chi connectivity index (χ3v) is 5.36. The smallest absolute Gasteiger partial charge is 0.344 e. The zero-order valence-electron chi connectivity index (χ0n) is 16.8. The molecule has 1 N–H and O–H groups in total. The van der Waals surface area contributed by atoms with Crippen LogP contribution in [0.3, 0.4) is 0 Å². The summed E-state index contributed by atoms with van der Waals surface area (Å²) in [5.74, 6) is 1.24. The van der Waals surface area contributed by atoms with Crippen molar-refractivity contribution in [2.45, 2.75) is 51.9 Å². The Hall–Kier alpha value is -2.75. The van der Waals surface area contributed by atoms with E-state index in [-0.39, 0.29) is 5.75 Å². The molecule has 0 spiro atoms. The fraction of sp³-hybridized carbons (Fsp3) is 0.375. The lowest BCUT2D eigenvalue weighted by Gasteiger charge is -2.18. The summed E-state index contributed by atoms with van der Waals surface area (Å²) in [6, 6.07) is 12.6. The van der Waals surface area contributed by atoms with Crippen molar-refractivity contribution in [2.75, 3.05) is 7.11 Å². The summed E-state index contributed by atoms with van der Waals surface area (Å²) in [5, 5.41) is 10.3. The molecule has 148 valence electrons. The molecule has 1 heterocycles. The molecule has 0 amide bonds. The summed E-state index contributed by atoms with van der Waals surface area (Å²) in [6.07, 6.45) is 5.93. The molecular formula is C24H28O4. The van der Waals surface area contributed by atoms with Crippen LogP contribution in [0.4, 0.5) is 0 Å². The van der Waals surface area contributed by atoms with E-state index in [4.69, 9.17) is 9.15 Å². The summed E-state index contributed by atoms with van der Waals surface area (Å²) in [6.45, 7) is 4.43. The predicted molar refractivity (Wildman–Crippen MR) is 113 cm³/mol. The van der Waals surface area contributed by atoms with E-state index in [1.807, 2.05) is 6.07 Å². The first-order valence-corrected chi connectivity index (χ1v) is 10.0. The van der Waals surface area contributed by atoms with E-state index in [2.05, 4.69) is 26.0 Å². The van der Waals surface area contributed by atoms with Crippen molar-refractivity contribution in [1.29, 1.82) is 0 Å². The molecule has 0 aliphatic carbocycles. The van der Waals surface area contributed by atoms with Gasteiger partial charge in [0, 0.05) is 17.0 Å². The number of hydrogen-bond acceptors (Lipinski definition) is 4. The number of aromatic hydroxyl groups is 1. The Labute approximate surface area is 165 Å². The minimum Gasteiger partial charge on any atom is -0.508 e. The van der Waals surface area contributed by atoms with E-state index in [1.165, 1.54) is 30.9 Å². The van der Waals surface area contributed by atoms with E-state index < -0.39 is 5.63 Å². The second-order valence-electron chi connectivity index (χ2n) is 7.23. The van der Waals surface area contributed by atoms with Crippen LogP contribution in [-0.2, 0) is 0 Å². The SMILES string of the molecule is CCCCCC(CC)c1ccc(-c2cc3ccc(O)cc3oc2=O)c(OC)c1. The number of unbranched alkanes of at least 4 members (excludes halogenated alkanes) is 2. The van der Waals surface area contributed by atoms with Crippen LogP contribution in [0.1, 0.15) is 57.4 Å². The van der Waals surface area contributed by atoms with Crippen molar-refractivity contribution in [1.82, 2.24) is 0 Å². The third-order valence-electron chi connectivity index (χ3n) is 5.36. The summed E-state index contributed by atoms with van der Waals surface area (Å²) >= 11 is 0. The predicted octanol–water partition coefficient (Wildman–Crippen LogP) is 6.25. The van der Waals surface area contributed by atoms with Gasteiger partial charge in [0.05, 0.1) is 12.7 Å². The molecule has 3 aromatic rings. The van der Waals surface area contributed by atoms with Crippen LogP contribution in [0.25, 0.3) is 22.1 Å². The van der Waals surface area contributed by atoms with E-state index >= 15 is 0 Å². The van der Waals surface area contributed by atoms with Gasteiger partial charge < -0.3 is 14.3 Å². The van der Waals surface area contributed by atoms with Crippen LogP contribution in [0, 0.1) is 0 Å². The van der Waals surface area contributed by atoms with Crippen molar-refractivity contribution in [3.63, 3.8) is 0 Å². The highest BCUT2D eigenvalue weighted by Crippen LogP contribution is 2.35. The Morgan fingerprint density at radius 2 is 1.86 bits per heavy atom. The number of fused-ring (bicyclic) bond motifs is 1. The maximum absolute atomic E-state index is 12.6. The highest BCUT2D eigenvalue weighted by molar-refractivity contribution is 5.84. The lowest BCUT2D eigenvalue weighted by atomic mass is 9.89. The molecule has 3 rings (SSSR count). The average Bonchev–Trinajstić information content (AvgIpc) is 2.70. The first-order valence-electron chi connectivity index (χ1n) is 10.0. The van der Waals surface area contributed by atoms with Gasteiger partial charge in [0.15, 0.2) is 0 Å². The topological polar surface area (TPSA) is 59.7 Å². The quantitative estimate of drug-likeness (QED) is 0.371. The van der Waals surface area contributed by atoms with Crippen molar-refractivity contribution < 1.29 is 14.3 Å². The van der Waals surface area contributed by atoms with E-state index in [0.29, 0.717) is 22.8 Å². The lowest BCUT2D eigenvalue weighted by molar-refractivity contribution is 0.414. The first-order chi connectivity index (χ1) is 13.6. The zero-order valence-corrected chi connectivity index (χ0v) is 16.8. The molecule has 0 saturated carbocycles. The van der Waals surface area contributed by atoms with E-state index in [9.17, 15) is 9.90 Å². The van der Waals surface area contributed by atoms with Gasteiger partial charge in [-0.15, -0.1) is 0 Å². The number of hydrogen-bond donors (Lipinski definition) is 1. The summed E-state index contributed by atoms with van der Waals surface area (Å²) in [7, 11) is 1.63. The van der Waals surface area contributed by atoms with Crippen LogP contribution < -0.4 is 10.4 Å². The molecule has 4 nitrogen and oxygen atoms in total. The highest BCUT2D eigenvalue weighted by Gasteiger charge is 2.16. The van der Waals surface area contributed by atoms with Gasteiger partial charge in [-0.05, 0) is 48.6 Å². The fourth-order valence-corrected chi connectivity index (χ4v) is 3.72. The zero-order chi connectivity index (χ0) is 20.1. The monoisotopic (exact) mass is 380 g/mol. The molecule has 1 unspecified atom stereocenters. The van der Waals surface area contributed by atoms with Gasteiger partial charge in [0.25, 0.3) is 0 Å². The number of ether oxygens (including phenoxy) is 1. The molecule has 2 aromatic carbocycles. The third kappa shape index (κ3) is 4.22. The molecule has 0 radical (unpaired) electrons. The van der Waals surface area contributed by atoms with Gasteiger partial charge in [0.2, 0.25) is 0 Å². The number of benzene rings is 2. The maximum atomic E-state index is 12.6. The number of phenolic OH excluding ortho intramolecular Hbond substituents is 1. The molecule has 28 heavy (non-hydrogen) atoms. The van der Waals surface area contributed by atoms with E-state index in [1.54, 1.807) is 25.3 Å². The molecule has 1 atom stereocenters. The Balaban J connectivity index is 2.00. The van der Waals surface area contributed by atoms with Gasteiger partial charge >= 0.3 is 5.63 Å². The van der Waals surface area contributed by atoms with Crippen molar-refractivity contribution in [2.24, 2.45) is 0 Å². The Morgan fingerprint density at radius 3 is 2.57 bits per heavy atom. The van der Waals surface area contributed by atoms with Gasteiger partial charge in [0.1, 0.15) is 17.1 Å². The molecule has 0 aliphatic rings. The largest absolute Gasteiger partial charge is 0.508 e. The van der Waals surface area contributed by atoms with Crippen LogP contribution in [-0.4, -0.2) is 12.2 Å². The minimum atomic E-state index is -0.445. The lowest BCUT2D eigenvalue weighted by Crippen LogP contribution is -2.05. The normalized spacial score (nSPS) is 12.2. The second kappa shape index (κ2) is 8.96. The number of rotatable bonds is 8. The number of phenols is 1. The van der Waals surface area contributed by atoms with Crippen LogP contribution in [0.15, 0.2) is 51.7 Å². The minimum absolute atomic E-state index is 0.0685. The molecule has 1 aromatic heterocycles. The van der Waals surface area contributed by atoms with E-state index in [0.717, 1.165) is 23.8 Å². The Kier molecular flexibility index (Phi) is 6.40. The van der Waals surface area contributed by atoms with Gasteiger partial charge in [-0.2, -0.15) is 0 Å². The van der Waals surface area contributed by atoms with Crippen LogP contribution in [0.5, 0.6) is 11.5 Å². The summed E-state index contributed by atoms with van der Waals surface area (Å²) < 4.78 is 11.0. The van der Waals surface area contributed by atoms with Crippen molar-refractivity contribution in [3.8, 4) is 22.6 Å². The van der Waals surface area contributed by atoms with Crippen LogP contribution >= 0.6 is 0 Å². The van der Waals surface area contributed by atoms with Crippen molar-refractivity contribution >= 4 is 11.0 Å². The standard InChI is InChI=1S/C24H28O4/c1-4-6-7-8-16(5-2)17-10-12-20(23(14-17)27-3)21-13-18-9-11-19(25)15-22(18)28-24(21)26/h9-16,25H,4-8H2,1-3H3. The molecule has 0 bridgehead atoms. The first kappa shape index (κ1) is 20.0.